The Hall–Kier alpha value is -0.600. The molecule has 0 radical (unpaired) electrons. The number of thiocarbonyl (C=S) groups is 1. The first-order valence-corrected chi connectivity index (χ1v) is 6.11. The highest BCUT2D eigenvalue weighted by Gasteiger charge is 2.26. The fraction of sp³-hybridized carbons (Fsp3) is 0.700. The molecule has 15 heavy (non-hydrogen) atoms. The zero-order valence-electron chi connectivity index (χ0n) is 8.95. The van der Waals surface area contributed by atoms with Gasteiger partial charge in [-0.15, -0.1) is 11.8 Å². The van der Waals surface area contributed by atoms with Crippen LogP contribution in [0, 0.1) is 16.7 Å². The van der Waals surface area contributed by atoms with Crippen molar-refractivity contribution in [3.63, 3.8) is 0 Å². The average Bonchev–Trinajstić information content (AvgIpc) is 2.15. The number of carboxylic acid groups (broad SMARTS) is 1. The summed E-state index contributed by atoms with van der Waals surface area (Å²) >= 11 is 6.65. The van der Waals surface area contributed by atoms with E-state index in [0.29, 0.717) is 12.8 Å². The lowest BCUT2D eigenvalue weighted by molar-refractivity contribution is -0.137. The molecular formula is C10H15NO2S2. The van der Waals surface area contributed by atoms with Gasteiger partial charge in [-0.2, -0.15) is 5.26 Å². The van der Waals surface area contributed by atoms with Gasteiger partial charge in [0.05, 0.1) is 11.5 Å². The number of thioether (sulfide) groups is 1. The first-order chi connectivity index (χ1) is 6.93. The molecule has 0 saturated heterocycles. The maximum Gasteiger partial charge on any atom is 0.303 e. The van der Waals surface area contributed by atoms with E-state index < -0.39 is 11.4 Å². The number of carbonyl (C=O) groups is 1. The van der Waals surface area contributed by atoms with Crippen LogP contribution in [0.5, 0.6) is 0 Å². The number of hydrogen-bond donors (Lipinski definition) is 1. The Bertz CT molecular complexity index is 286. The van der Waals surface area contributed by atoms with Gasteiger partial charge in [-0.25, -0.2) is 0 Å². The molecule has 1 N–H and O–H groups in total. The van der Waals surface area contributed by atoms with Gasteiger partial charge < -0.3 is 5.11 Å². The maximum absolute atomic E-state index is 10.4. The number of nitrogens with zero attached hydrogens (tertiary/aromatic N) is 1. The van der Waals surface area contributed by atoms with Crippen molar-refractivity contribution in [1.29, 1.82) is 5.26 Å². The third-order valence-electron chi connectivity index (χ3n) is 2.00. The van der Waals surface area contributed by atoms with Gasteiger partial charge in [-0.05, 0) is 19.1 Å². The van der Waals surface area contributed by atoms with Gasteiger partial charge in [0.15, 0.2) is 0 Å². The van der Waals surface area contributed by atoms with E-state index in [1.54, 1.807) is 18.7 Å². The molecule has 0 fully saturated rings. The molecule has 1 unspecified atom stereocenters. The molecule has 0 aliphatic heterocycles. The van der Waals surface area contributed by atoms with Crippen LogP contribution in [0.25, 0.3) is 0 Å². The summed E-state index contributed by atoms with van der Waals surface area (Å²) in [6.07, 6.45) is 0.858. The molecule has 0 aliphatic carbocycles. The normalized spacial score (nSPS) is 13.9. The lowest BCUT2D eigenvalue weighted by Gasteiger charge is -2.20. The first-order valence-electron chi connectivity index (χ1n) is 4.72. The summed E-state index contributed by atoms with van der Waals surface area (Å²) in [5.74, 6) is 0.0183. The average molecular weight is 245 g/mol. The van der Waals surface area contributed by atoms with E-state index in [0.717, 1.165) is 9.95 Å². The topological polar surface area (TPSA) is 61.1 Å². The van der Waals surface area contributed by atoms with Crippen molar-refractivity contribution in [3.8, 4) is 6.07 Å². The highest BCUT2D eigenvalue weighted by Crippen LogP contribution is 2.30. The maximum atomic E-state index is 10.4. The number of nitriles is 1. The largest absolute Gasteiger partial charge is 0.481 e. The van der Waals surface area contributed by atoms with Crippen molar-refractivity contribution < 1.29 is 9.90 Å². The van der Waals surface area contributed by atoms with Gasteiger partial charge >= 0.3 is 5.97 Å². The second-order valence-electron chi connectivity index (χ2n) is 3.55. The molecule has 0 bridgehead atoms. The smallest absolute Gasteiger partial charge is 0.303 e. The summed E-state index contributed by atoms with van der Waals surface area (Å²) in [5, 5.41) is 17.6. The second-order valence-corrected chi connectivity index (χ2v) is 5.66. The number of aliphatic carboxylic acids is 1. The quantitative estimate of drug-likeness (QED) is 0.729. The van der Waals surface area contributed by atoms with Crippen molar-refractivity contribution >= 4 is 34.1 Å². The SMILES string of the molecule is CCSC(=S)CC(C)(C#N)CCC(=O)O. The zero-order valence-corrected chi connectivity index (χ0v) is 10.6. The van der Waals surface area contributed by atoms with Crippen LogP contribution < -0.4 is 0 Å². The molecule has 0 saturated carbocycles. The van der Waals surface area contributed by atoms with Crippen LogP contribution in [0.3, 0.4) is 0 Å². The molecule has 0 amide bonds. The summed E-state index contributed by atoms with van der Waals surface area (Å²) in [4.78, 5) is 10.4. The number of rotatable bonds is 6. The Labute approximate surface area is 99.9 Å². The Kier molecular flexibility index (Phi) is 6.53. The summed E-state index contributed by atoms with van der Waals surface area (Å²) in [6.45, 7) is 3.76. The van der Waals surface area contributed by atoms with E-state index >= 15 is 0 Å². The van der Waals surface area contributed by atoms with Gasteiger partial charge in [0.25, 0.3) is 0 Å². The summed E-state index contributed by atoms with van der Waals surface area (Å²) in [5.41, 5.74) is -0.641. The molecule has 84 valence electrons. The van der Waals surface area contributed by atoms with Crippen molar-refractivity contribution in [1.82, 2.24) is 0 Å². The molecule has 0 rings (SSSR count). The Balaban J connectivity index is 4.25. The first kappa shape index (κ1) is 14.4. The Morgan fingerprint density at radius 3 is 2.67 bits per heavy atom. The number of hydrogen-bond acceptors (Lipinski definition) is 4. The van der Waals surface area contributed by atoms with Crippen LogP contribution in [0.4, 0.5) is 0 Å². The molecule has 5 heteroatoms. The second kappa shape index (κ2) is 6.81. The van der Waals surface area contributed by atoms with Crippen molar-refractivity contribution in [3.05, 3.63) is 0 Å². The van der Waals surface area contributed by atoms with Gasteiger partial charge in [0, 0.05) is 17.0 Å². The van der Waals surface area contributed by atoms with E-state index in [1.165, 1.54) is 0 Å². The predicted octanol–water partition coefficient (Wildman–Crippen LogP) is 2.85. The predicted molar refractivity (Wildman–Crippen MR) is 65.9 cm³/mol. The summed E-state index contributed by atoms with van der Waals surface area (Å²) in [6, 6.07) is 2.16. The van der Waals surface area contributed by atoms with E-state index in [2.05, 4.69) is 6.07 Å². The molecule has 0 heterocycles. The Morgan fingerprint density at radius 2 is 2.27 bits per heavy atom. The summed E-state index contributed by atoms with van der Waals surface area (Å²) in [7, 11) is 0. The van der Waals surface area contributed by atoms with Gasteiger partial charge in [0.2, 0.25) is 0 Å². The molecule has 0 aliphatic rings. The van der Waals surface area contributed by atoms with Crippen LogP contribution >= 0.6 is 24.0 Å². The monoisotopic (exact) mass is 245 g/mol. The van der Waals surface area contributed by atoms with Crippen LogP contribution in [0.2, 0.25) is 0 Å². The number of carboxylic acids is 1. The molecular weight excluding hydrogens is 230 g/mol. The highest BCUT2D eigenvalue weighted by atomic mass is 32.2. The van der Waals surface area contributed by atoms with Crippen LogP contribution in [0.15, 0.2) is 0 Å². The van der Waals surface area contributed by atoms with Gasteiger partial charge in [-0.3, -0.25) is 4.79 Å². The zero-order chi connectivity index (χ0) is 11.9. The fourth-order valence-electron chi connectivity index (χ4n) is 1.10. The van der Waals surface area contributed by atoms with E-state index in [9.17, 15) is 4.79 Å². The fourth-order valence-corrected chi connectivity index (χ4v) is 2.51. The molecule has 0 spiro atoms. The van der Waals surface area contributed by atoms with Crippen LogP contribution in [-0.4, -0.2) is 21.0 Å². The third-order valence-corrected chi connectivity index (χ3v) is 3.25. The van der Waals surface area contributed by atoms with Gasteiger partial charge in [-0.1, -0.05) is 19.1 Å². The highest BCUT2D eigenvalue weighted by molar-refractivity contribution is 8.23. The van der Waals surface area contributed by atoms with Crippen molar-refractivity contribution in [2.45, 2.75) is 33.1 Å². The molecule has 3 nitrogen and oxygen atoms in total. The molecule has 0 aromatic heterocycles. The van der Waals surface area contributed by atoms with E-state index in [-0.39, 0.29) is 6.42 Å². The standard InChI is InChI=1S/C10H15NO2S2/c1-3-15-9(14)6-10(2,7-11)5-4-8(12)13/h3-6H2,1-2H3,(H,12,13). The third kappa shape index (κ3) is 6.47. The molecule has 0 aromatic carbocycles. The van der Waals surface area contributed by atoms with E-state index in [1.807, 2.05) is 6.92 Å². The van der Waals surface area contributed by atoms with Crippen molar-refractivity contribution in [2.24, 2.45) is 5.41 Å². The van der Waals surface area contributed by atoms with E-state index in [4.69, 9.17) is 22.6 Å². The Morgan fingerprint density at radius 1 is 1.67 bits per heavy atom. The van der Waals surface area contributed by atoms with Crippen molar-refractivity contribution in [2.75, 3.05) is 5.75 Å². The molecule has 0 aromatic rings. The minimum Gasteiger partial charge on any atom is -0.481 e. The lowest BCUT2D eigenvalue weighted by Crippen LogP contribution is -2.18. The minimum absolute atomic E-state index is 0.0173. The van der Waals surface area contributed by atoms with Crippen LogP contribution in [-0.2, 0) is 4.79 Å². The van der Waals surface area contributed by atoms with Crippen LogP contribution in [0.1, 0.15) is 33.1 Å². The molecule has 1 atom stereocenters. The lowest BCUT2D eigenvalue weighted by atomic mass is 9.84. The minimum atomic E-state index is -0.870. The summed E-state index contributed by atoms with van der Waals surface area (Å²) < 4.78 is 0.784. The van der Waals surface area contributed by atoms with Gasteiger partial charge in [0.1, 0.15) is 0 Å².